The maximum absolute atomic E-state index is 13.1. The largest absolute Gasteiger partial charge is 0.354 e. The van der Waals surface area contributed by atoms with E-state index in [2.05, 4.69) is 22.8 Å². The van der Waals surface area contributed by atoms with E-state index in [-0.39, 0.29) is 10.8 Å². The molecule has 2 heterocycles. The molecule has 0 aliphatic carbocycles. The van der Waals surface area contributed by atoms with E-state index in [0.717, 1.165) is 19.3 Å². The molecule has 29 heavy (non-hydrogen) atoms. The van der Waals surface area contributed by atoms with Crippen LogP contribution in [0.25, 0.3) is 10.1 Å². The van der Waals surface area contributed by atoms with Crippen molar-refractivity contribution in [3.8, 4) is 0 Å². The molecule has 1 amide bonds. The summed E-state index contributed by atoms with van der Waals surface area (Å²) in [4.78, 5) is 13.1. The van der Waals surface area contributed by atoms with Gasteiger partial charge in [-0.2, -0.15) is 4.31 Å². The quantitative estimate of drug-likeness (QED) is 0.649. The van der Waals surface area contributed by atoms with Gasteiger partial charge in [0.1, 0.15) is 6.04 Å². The first kappa shape index (κ1) is 20.1. The van der Waals surface area contributed by atoms with Gasteiger partial charge in [0.25, 0.3) is 0 Å². The SMILES string of the molecule is O=C(NCCc1csc2ccccc12)C1CCCCN1S(=O)(=O)c1ccccc1. The van der Waals surface area contributed by atoms with Gasteiger partial charge in [-0.25, -0.2) is 8.42 Å². The highest BCUT2D eigenvalue weighted by Gasteiger charge is 2.37. The van der Waals surface area contributed by atoms with Gasteiger partial charge >= 0.3 is 0 Å². The summed E-state index contributed by atoms with van der Waals surface area (Å²) in [6.07, 6.45) is 2.91. The Morgan fingerprint density at radius 3 is 2.66 bits per heavy atom. The zero-order chi connectivity index (χ0) is 20.3. The molecule has 1 fully saturated rings. The number of thiophene rings is 1. The fourth-order valence-electron chi connectivity index (χ4n) is 3.85. The molecule has 1 N–H and O–H groups in total. The van der Waals surface area contributed by atoms with Crippen molar-refractivity contribution in [1.82, 2.24) is 9.62 Å². The molecule has 7 heteroatoms. The van der Waals surface area contributed by atoms with Gasteiger partial charge in [-0.15, -0.1) is 11.3 Å². The number of carbonyl (C=O) groups is 1. The molecule has 3 aromatic rings. The molecule has 4 rings (SSSR count). The van der Waals surface area contributed by atoms with Crippen molar-refractivity contribution in [3.63, 3.8) is 0 Å². The van der Waals surface area contributed by atoms with Crippen LogP contribution in [0.1, 0.15) is 24.8 Å². The Morgan fingerprint density at radius 1 is 1.07 bits per heavy atom. The molecule has 1 aromatic heterocycles. The molecule has 1 unspecified atom stereocenters. The predicted octanol–water partition coefficient (Wildman–Crippen LogP) is 3.80. The first-order valence-electron chi connectivity index (χ1n) is 9.87. The second kappa shape index (κ2) is 8.65. The molecule has 0 radical (unpaired) electrons. The van der Waals surface area contributed by atoms with Gasteiger partial charge in [0, 0.05) is 17.8 Å². The molecule has 152 valence electrons. The molecule has 1 aliphatic heterocycles. The van der Waals surface area contributed by atoms with Crippen LogP contribution < -0.4 is 5.32 Å². The number of benzene rings is 2. The normalized spacial score (nSPS) is 18.0. The fourth-order valence-corrected chi connectivity index (χ4v) is 6.52. The third-order valence-corrected chi connectivity index (χ3v) is 8.30. The summed E-state index contributed by atoms with van der Waals surface area (Å²) in [5, 5.41) is 6.32. The fraction of sp³-hybridized carbons (Fsp3) is 0.318. The average Bonchev–Trinajstić information content (AvgIpc) is 3.17. The van der Waals surface area contributed by atoms with Crippen molar-refractivity contribution in [2.45, 2.75) is 36.6 Å². The summed E-state index contributed by atoms with van der Waals surface area (Å²) in [7, 11) is -3.68. The summed E-state index contributed by atoms with van der Waals surface area (Å²) >= 11 is 1.70. The van der Waals surface area contributed by atoms with Crippen molar-refractivity contribution in [2.24, 2.45) is 0 Å². The van der Waals surface area contributed by atoms with Crippen LogP contribution in [0, 0.1) is 0 Å². The van der Waals surface area contributed by atoms with Gasteiger partial charge in [0.05, 0.1) is 4.90 Å². The lowest BCUT2D eigenvalue weighted by molar-refractivity contribution is -0.125. The summed E-state index contributed by atoms with van der Waals surface area (Å²) in [5.41, 5.74) is 1.21. The maximum Gasteiger partial charge on any atom is 0.243 e. The summed E-state index contributed by atoms with van der Waals surface area (Å²) < 4.78 is 28.7. The molecular weight excluding hydrogens is 404 g/mol. The predicted molar refractivity (Wildman–Crippen MR) is 117 cm³/mol. The van der Waals surface area contributed by atoms with E-state index in [1.807, 2.05) is 12.1 Å². The van der Waals surface area contributed by atoms with E-state index < -0.39 is 16.1 Å². The van der Waals surface area contributed by atoms with Crippen LogP contribution >= 0.6 is 11.3 Å². The highest BCUT2D eigenvalue weighted by Crippen LogP contribution is 2.27. The molecular formula is C22H24N2O3S2. The van der Waals surface area contributed by atoms with E-state index in [4.69, 9.17) is 0 Å². The van der Waals surface area contributed by atoms with Gasteiger partial charge in [-0.3, -0.25) is 4.79 Å². The van der Waals surface area contributed by atoms with Gasteiger partial charge in [-0.05, 0) is 53.8 Å². The van der Waals surface area contributed by atoms with E-state index in [0.29, 0.717) is 19.5 Å². The number of hydrogen-bond donors (Lipinski definition) is 1. The van der Waals surface area contributed by atoms with Gasteiger partial charge < -0.3 is 5.32 Å². The summed E-state index contributed by atoms with van der Waals surface area (Å²) in [5.74, 6) is -0.205. The highest BCUT2D eigenvalue weighted by atomic mass is 32.2. The minimum atomic E-state index is -3.68. The van der Waals surface area contributed by atoms with Crippen LogP contribution in [0.5, 0.6) is 0 Å². The number of piperidine rings is 1. The maximum atomic E-state index is 13.1. The van der Waals surface area contributed by atoms with E-state index in [9.17, 15) is 13.2 Å². The van der Waals surface area contributed by atoms with Gasteiger partial charge in [0.2, 0.25) is 15.9 Å². The van der Waals surface area contributed by atoms with E-state index >= 15 is 0 Å². The van der Waals surface area contributed by atoms with Crippen LogP contribution in [0.3, 0.4) is 0 Å². The van der Waals surface area contributed by atoms with Gasteiger partial charge in [0.15, 0.2) is 0 Å². The second-order valence-corrected chi connectivity index (χ2v) is 10.0. The second-order valence-electron chi connectivity index (χ2n) is 7.24. The third kappa shape index (κ3) is 4.22. The topological polar surface area (TPSA) is 66.5 Å². The Bertz CT molecular complexity index is 1090. The zero-order valence-corrected chi connectivity index (χ0v) is 17.7. The van der Waals surface area contributed by atoms with Crippen LogP contribution in [-0.2, 0) is 21.2 Å². The standard InChI is InChI=1S/C22H24N2O3S2/c25-22(23-14-13-17-16-28-21-12-5-4-10-19(17)21)20-11-6-7-15-24(20)29(26,27)18-8-2-1-3-9-18/h1-5,8-10,12,16,20H,6-7,11,13-15H2,(H,23,25). The van der Waals surface area contributed by atoms with Crippen molar-refractivity contribution in [3.05, 3.63) is 65.5 Å². The first-order valence-corrected chi connectivity index (χ1v) is 12.2. The number of amides is 1. The first-order chi connectivity index (χ1) is 14.1. The number of nitrogens with one attached hydrogen (secondary N) is 1. The lowest BCUT2D eigenvalue weighted by atomic mass is 10.0. The Labute approximate surface area is 175 Å². The van der Waals surface area contributed by atoms with Crippen molar-refractivity contribution < 1.29 is 13.2 Å². The monoisotopic (exact) mass is 428 g/mol. The third-order valence-electron chi connectivity index (χ3n) is 5.36. The molecule has 2 aromatic carbocycles. The number of hydrogen-bond acceptors (Lipinski definition) is 4. The number of carbonyl (C=O) groups excluding carboxylic acids is 1. The molecule has 0 saturated carbocycles. The summed E-state index contributed by atoms with van der Waals surface area (Å²) in [6, 6.07) is 16.0. The number of sulfonamides is 1. The molecule has 0 bridgehead atoms. The Morgan fingerprint density at radius 2 is 1.83 bits per heavy atom. The van der Waals surface area contributed by atoms with Crippen LogP contribution in [0.4, 0.5) is 0 Å². The van der Waals surface area contributed by atoms with E-state index in [1.54, 1.807) is 41.7 Å². The molecule has 5 nitrogen and oxygen atoms in total. The van der Waals surface area contributed by atoms with Crippen molar-refractivity contribution in [2.75, 3.05) is 13.1 Å². The number of rotatable bonds is 6. The number of nitrogens with zero attached hydrogens (tertiary/aromatic N) is 1. The smallest absolute Gasteiger partial charge is 0.243 e. The minimum absolute atomic E-state index is 0.205. The Hall–Kier alpha value is -2.22. The molecule has 1 saturated heterocycles. The summed E-state index contributed by atoms with van der Waals surface area (Å²) in [6.45, 7) is 0.875. The van der Waals surface area contributed by atoms with E-state index in [1.165, 1.54) is 20.0 Å². The number of fused-ring (bicyclic) bond motifs is 1. The average molecular weight is 429 g/mol. The molecule has 0 spiro atoms. The minimum Gasteiger partial charge on any atom is -0.354 e. The van der Waals surface area contributed by atoms with Crippen LogP contribution in [-0.4, -0.2) is 37.8 Å². The highest BCUT2D eigenvalue weighted by molar-refractivity contribution is 7.89. The van der Waals surface area contributed by atoms with Gasteiger partial charge in [-0.1, -0.05) is 42.8 Å². The lowest BCUT2D eigenvalue weighted by Gasteiger charge is -2.33. The van der Waals surface area contributed by atoms with Crippen LogP contribution in [0.15, 0.2) is 64.9 Å². The Balaban J connectivity index is 1.44. The lowest BCUT2D eigenvalue weighted by Crippen LogP contribution is -2.52. The van der Waals surface area contributed by atoms with Crippen molar-refractivity contribution >= 4 is 37.4 Å². The van der Waals surface area contributed by atoms with Crippen molar-refractivity contribution in [1.29, 1.82) is 0 Å². The molecule has 1 atom stereocenters. The van der Waals surface area contributed by atoms with Crippen LogP contribution in [0.2, 0.25) is 0 Å². The Kier molecular flexibility index (Phi) is 5.99. The zero-order valence-electron chi connectivity index (χ0n) is 16.1. The molecule has 1 aliphatic rings.